The average molecular weight is 589 g/mol. The summed E-state index contributed by atoms with van der Waals surface area (Å²) in [7, 11) is 0. The van der Waals surface area contributed by atoms with Gasteiger partial charge >= 0.3 is 17.7 Å². The molecule has 1 saturated heterocycles. The molecule has 1 aromatic heterocycles. The first-order valence-electron chi connectivity index (χ1n) is 14.7. The monoisotopic (exact) mass is 588 g/mol. The van der Waals surface area contributed by atoms with Crippen LogP contribution in [0.4, 0.5) is 13.2 Å². The number of fused-ring (bicyclic) bond motifs is 1. The lowest BCUT2D eigenvalue weighted by atomic mass is 9.91. The summed E-state index contributed by atoms with van der Waals surface area (Å²) >= 11 is 0. The van der Waals surface area contributed by atoms with Gasteiger partial charge in [-0.1, -0.05) is 57.9 Å². The zero-order valence-corrected chi connectivity index (χ0v) is 24.7. The number of carbonyl (C=O) groups excluding carboxylic acids is 1. The number of nitrogens with one attached hydrogen (secondary N) is 1. The molecule has 0 radical (unpaired) electrons. The minimum atomic E-state index is -4.71. The molecule has 228 valence electrons. The number of benzene rings is 2. The number of quaternary nitrogens is 1. The quantitative estimate of drug-likeness (QED) is 0.109. The number of alkyl halides is 3. The van der Waals surface area contributed by atoms with E-state index >= 15 is 0 Å². The minimum absolute atomic E-state index is 0.0295. The highest BCUT2D eigenvalue weighted by atomic mass is 19.4. The molecular weight excluding hydrogens is 549 g/mol. The van der Waals surface area contributed by atoms with Crippen LogP contribution >= 0.6 is 0 Å². The van der Waals surface area contributed by atoms with Gasteiger partial charge in [0.25, 0.3) is 0 Å². The number of aryl methyl sites for hydroxylation is 3. The van der Waals surface area contributed by atoms with E-state index in [-0.39, 0.29) is 30.8 Å². The number of hydrogen-bond acceptors (Lipinski definition) is 6. The number of ether oxygens (including phenoxy) is 1. The Morgan fingerprint density at radius 1 is 1.05 bits per heavy atom. The molecule has 2 aromatic carbocycles. The van der Waals surface area contributed by atoms with Crippen LogP contribution in [-0.2, 0) is 35.8 Å². The zero-order valence-electron chi connectivity index (χ0n) is 24.7. The fourth-order valence-corrected chi connectivity index (χ4v) is 5.72. The van der Waals surface area contributed by atoms with Gasteiger partial charge in [0, 0.05) is 23.4 Å². The van der Waals surface area contributed by atoms with E-state index in [2.05, 4.69) is 12.2 Å². The first-order valence-corrected chi connectivity index (χ1v) is 14.7. The number of hydrogen-bond donors (Lipinski definition) is 1. The molecule has 4 rings (SSSR count). The fourth-order valence-electron chi connectivity index (χ4n) is 5.72. The lowest BCUT2D eigenvalue weighted by Crippen LogP contribution is -2.48. The van der Waals surface area contributed by atoms with Crippen LogP contribution in [0.2, 0.25) is 0 Å². The molecule has 1 aliphatic rings. The highest BCUT2D eigenvalue weighted by molar-refractivity contribution is 5.87. The predicted octanol–water partition coefficient (Wildman–Crippen LogP) is 6.76. The maximum Gasteiger partial charge on any atom is 0.417 e. The fraction of sp³-hybridized carbons (Fsp3) is 0.500. The van der Waals surface area contributed by atoms with Crippen LogP contribution in [0.25, 0.3) is 11.0 Å². The molecule has 1 N–H and O–H groups in total. The highest BCUT2D eigenvalue weighted by Gasteiger charge is 2.52. The van der Waals surface area contributed by atoms with Crippen molar-refractivity contribution in [1.29, 1.82) is 0 Å². The van der Waals surface area contributed by atoms with E-state index in [1.807, 2.05) is 38.1 Å². The summed E-state index contributed by atoms with van der Waals surface area (Å²) in [4.78, 5) is 25.4. The smallest absolute Gasteiger partial charge is 0.417 e. The SMILES string of the molecule is CCCc1cc2c(C(F)(F)F)cc(=O)oc2c(CCC)c1OCCCC[N+]1([O-])CNC(C)(c2ccc(CC)cc2)C1=O. The van der Waals surface area contributed by atoms with Crippen molar-refractivity contribution in [1.82, 2.24) is 5.32 Å². The molecule has 0 spiro atoms. The van der Waals surface area contributed by atoms with Crippen molar-refractivity contribution in [3.05, 3.63) is 79.8 Å². The Labute approximate surface area is 243 Å². The third-order valence-corrected chi connectivity index (χ3v) is 8.07. The van der Waals surface area contributed by atoms with Crippen LogP contribution in [0.1, 0.15) is 81.2 Å². The molecule has 3 aromatic rings. The van der Waals surface area contributed by atoms with Gasteiger partial charge < -0.3 is 14.4 Å². The molecular formula is C32H39F3N2O5. The average Bonchev–Trinajstić information content (AvgIpc) is 3.19. The van der Waals surface area contributed by atoms with E-state index in [0.29, 0.717) is 61.5 Å². The molecule has 1 amide bonds. The van der Waals surface area contributed by atoms with Crippen LogP contribution in [0.3, 0.4) is 0 Å². The number of halogens is 3. The van der Waals surface area contributed by atoms with E-state index in [9.17, 15) is 28.0 Å². The van der Waals surface area contributed by atoms with E-state index in [1.54, 1.807) is 6.92 Å². The number of hydroxylamine groups is 3. The number of unbranched alkanes of at least 4 members (excludes halogenated alkanes) is 1. The number of amides is 1. The van der Waals surface area contributed by atoms with Crippen LogP contribution in [0.15, 0.2) is 45.6 Å². The first-order chi connectivity index (χ1) is 19.9. The summed E-state index contributed by atoms with van der Waals surface area (Å²) < 4.78 is 51.9. The molecule has 1 fully saturated rings. The molecule has 7 nitrogen and oxygen atoms in total. The van der Waals surface area contributed by atoms with Crippen LogP contribution in [-0.4, -0.2) is 30.4 Å². The van der Waals surface area contributed by atoms with Gasteiger partial charge in [0.2, 0.25) is 0 Å². The summed E-state index contributed by atoms with van der Waals surface area (Å²) in [6.07, 6.45) is -0.831. The third-order valence-electron chi connectivity index (χ3n) is 8.07. The first kappa shape index (κ1) is 31.7. The van der Waals surface area contributed by atoms with E-state index < -0.39 is 33.5 Å². The molecule has 0 bridgehead atoms. The lowest BCUT2D eigenvalue weighted by Gasteiger charge is -2.35. The second-order valence-corrected chi connectivity index (χ2v) is 11.2. The van der Waals surface area contributed by atoms with Crippen molar-refractivity contribution in [2.24, 2.45) is 0 Å². The van der Waals surface area contributed by atoms with Gasteiger partial charge in [0.05, 0.1) is 18.7 Å². The van der Waals surface area contributed by atoms with Crippen molar-refractivity contribution in [3.63, 3.8) is 0 Å². The summed E-state index contributed by atoms with van der Waals surface area (Å²) in [6, 6.07) is 9.62. The van der Waals surface area contributed by atoms with Gasteiger partial charge in [0.15, 0.2) is 5.54 Å². The standard InChI is InChI=1S/C32H39F3N2O5/c1-5-10-22-18-25-26(32(33,34)35)19-27(38)42-29(25)24(11-6-2)28(22)41-17-9-8-16-37(40)20-36-31(4,30(37)39)23-14-12-21(7-3)13-15-23/h12-15,18-19,36H,5-11,16-17,20H2,1-4H3. The third kappa shape index (κ3) is 6.26. The van der Waals surface area contributed by atoms with Crippen molar-refractivity contribution in [3.8, 4) is 5.75 Å². The van der Waals surface area contributed by atoms with Crippen molar-refractivity contribution in [2.75, 3.05) is 19.8 Å². The molecule has 10 heteroatoms. The van der Waals surface area contributed by atoms with Crippen molar-refractivity contribution < 1.29 is 31.8 Å². The van der Waals surface area contributed by atoms with Gasteiger partial charge in [-0.15, -0.1) is 0 Å². The zero-order chi connectivity index (χ0) is 30.7. The minimum Gasteiger partial charge on any atom is -0.624 e. The van der Waals surface area contributed by atoms with Gasteiger partial charge in [-0.3, -0.25) is 4.65 Å². The molecule has 0 saturated carbocycles. The van der Waals surface area contributed by atoms with Gasteiger partial charge in [-0.2, -0.15) is 13.2 Å². The number of rotatable bonds is 12. The largest absolute Gasteiger partial charge is 0.624 e. The maximum absolute atomic E-state index is 13.8. The lowest BCUT2D eigenvalue weighted by molar-refractivity contribution is -0.798. The Hall–Kier alpha value is -3.21. The maximum atomic E-state index is 13.8. The van der Waals surface area contributed by atoms with Gasteiger partial charge in [-0.05, 0) is 55.4 Å². The second kappa shape index (κ2) is 12.6. The van der Waals surface area contributed by atoms with Gasteiger partial charge in [0.1, 0.15) is 18.0 Å². The molecule has 0 aliphatic carbocycles. The molecule has 1 aliphatic heterocycles. The van der Waals surface area contributed by atoms with Gasteiger partial charge in [-0.25, -0.2) is 14.9 Å². The van der Waals surface area contributed by atoms with Crippen LogP contribution < -0.4 is 15.7 Å². The Kier molecular flexibility index (Phi) is 9.49. The van der Waals surface area contributed by atoms with E-state index in [4.69, 9.17) is 9.15 Å². The Balaban J connectivity index is 1.50. The van der Waals surface area contributed by atoms with Crippen molar-refractivity contribution >= 4 is 16.9 Å². The summed E-state index contributed by atoms with van der Waals surface area (Å²) in [5, 5.41) is 16.5. The summed E-state index contributed by atoms with van der Waals surface area (Å²) in [6.45, 7) is 7.84. The molecule has 2 unspecified atom stereocenters. The predicted molar refractivity (Wildman–Crippen MR) is 155 cm³/mol. The highest BCUT2D eigenvalue weighted by Crippen LogP contribution is 2.40. The Bertz CT molecular complexity index is 1480. The Morgan fingerprint density at radius 2 is 1.74 bits per heavy atom. The number of nitrogens with zero attached hydrogens (tertiary/aromatic N) is 1. The Morgan fingerprint density at radius 3 is 2.36 bits per heavy atom. The summed E-state index contributed by atoms with van der Waals surface area (Å²) in [5.41, 5.74) is -0.294. The summed E-state index contributed by atoms with van der Waals surface area (Å²) in [5.74, 6) is -0.00475. The second-order valence-electron chi connectivity index (χ2n) is 11.2. The van der Waals surface area contributed by atoms with E-state index in [0.717, 1.165) is 17.5 Å². The topological polar surface area (TPSA) is 91.6 Å². The van der Waals surface area contributed by atoms with Crippen LogP contribution in [0, 0.1) is 5.21 Å². The van der Waals surface area contributed by atoms with E-state index in [1.165, 1.54) is 6.07 Å². The van der Waals surface area contributed by atoms with Crippen LogP contribution in [0.5, 0.6) is 5.75 Å². The molecule has 42 heavy (non-hydrogen) atoms. The molecule has 2 heterocycles. The molecule has 2 atom stereocenters. The number of carbonyl (C=O) groups is 1. The van der Waals surface area contributed by atoms with Crippen molar-refractivity contribution in [2.45, 2.75) is 84.4 Å². The normalized spacial score (nSPS) is 20.9.